The molecule has 0 bridgehead atoms. The Morgan fingerprint density at radius 1 is 0.912 bits per heavy atom. The first kappa shape index (κ1) is 24.1. The minimum absolute atomic E-state index is 0.0783. The SMILES string of the molecule is CC1(C2CC(=O)C3(C)C4=C(C(=O)C(O)C23C)C2(C)CCC(O)C(C)(C)C2CC4O)CCC(=O)O1. The number of fused-ring (bicyclic) bond motifs is 4. The minimum Gasteiger partial charge on any atom is -0.459 e. The standard InChI is InChI=1S/C27H38O7/c1-23(2)14-11-13(28)19-20(24(14,3)9-7-16(23)29)21(32)22(33)26(5)15(12-17(30)27(19,26)6)25(4)10-8-18(31)34-25/h13-16,22,28-29,33H,7-12H2,1-6H3. The Labute approximate surface area is 200 Å². The van der Waals surface area contributed by atoms with Crippen LogP contribution in [0, 0.1) is 33.5 Å². The minimum atomic E-state index is -1.46. The van der Waals surface area contributed by atoms with Crippen molar-refractivity contribution in [3.8, 4) is 0 Å². The van der Waals surface area contributed by atoms with Crippen LogP contribution < -0.4 is 0 Å². The van der Waals surface area contributed by atoms with Gasteiger partial charge in [0, 0.05) is 29.7 Å². The lowest BCUT2D eigenvalue weighted by atomic mass is 9.41. The molecule has 0 spiro atoms. The zero-order chi connectivity index (χ0) is 25.2. The van der Waals surface area contributed by atoms with E-state index in [1.807, 2.05) is 20.8 Å². The number of cyclic esters (lactones) is 1. The average molecular weight is 475 g/mol. The smallest absolute Gasteiger partial charge is 0.306 e. The van der Waals surface area contributed by atoms with Crippen molar-refractivity contribution in [3.05, 3.63) is 11.1 Å². The molecule has 1 aliphatic heterocycles. The van der Waals surface area contributed by atoms with Gasteiger partial charge in [-0.05, 0) is 61.9 Å². The largest absolute Gasteiger partial charge is 0.459 e. The van der Waals surface area contributed by atoms with Crippen LogP contribution in [0.1, 0.15) is 80.1 Å². The first-order valence-electron chi connectivity index (χ1n) is 12.7. The summed E-state index contributed by atoms with van der Waals surface area (Å²) in [7, 11) is 0. The average Bonchev–Trinajstić information content (AvgIpc) is 3.21. The van der Waals surface area contributed by atoms with Crippen LogP contribution in [0.4, 0.5) is 0 Å². The fraction of sp³-hybridized carbons (Fsp3) is 0.815. The maximum atomic E-state index is 14.1. The van der Waals surface area contributed by atoms with Crippen molar-refractivity contribution in [1.82, 2.24) is 0 Å². The molecule has 34 heavy (non-hydrogen) atoms. The van der Waals surface area contributed by atoms with E-state index in [1.54, 1.807) is 20.8 Å². The number of hydrogen-bond donors (Lipinski definition) is 3. The summed E-state index contributed by atoms with van der Waals surface area (Å²) >= 11 is 0. The molecule has 2 saturated carbocycles. The van der Waals surface area contributed by atoms with Gasteiger partial charge in [0.1, 0.15) is 17.5 Å². The predicted octanol–water partition coefficient (Wildman–Crippen LogP) is 2.49. The molecular weight excluding hydrogens is 436 g/mol. The van der Waals surface area contributed by atoms with E-state index in [0.29, 0.717) is 36.8 Å². The molecule has 5 aliphatic rings. The van der Waals surface area contributed by atoms with Gasteiger partial charge in [0.2, 0.25) is 0 Å². The summed E-state index contributed by atoms with van der Waals surface area (Å²) in [6, 6.07) is 0. The van der Waals surface area contributed by atoms with Gasteiger partial charge in [0.05, 0.1) is 17.6 Å². The molecule has 0 amide bonds. The zero-order valence-electron chi connectivity index (χ0n) is 21.1. The van der Waals surface area contributed by atoms with Crippen LogP contribution in [0.15, 0.2) is 11.1 Å². The van der Waals surface area contributed by atoms with E-state index in [-0.39, 0.29) is 30.5 Å². The molecule has 5 rings (SSSR count). The summed E-state index contributed by atoms with van der Waals surface area (Å²) < 4.78 is 5.71. The van der Waals surface area contributed by atoms with Gasteiger partial charge >= 0.3 is 5.97 Å². The lowest BCUT2D eigenvalue weighted by Gasteiger charge is -2.62. The second kappa shape index (κ2) is 6.80. The predicted molar refractivity (Wildman–Crippen MR) is 122 cm³/mol. The number of aliphatic hydroxyl groups excluding tert-OH is 3. The van der Waals surface area contributed by atoms with E-state index in [0.717, 1.165) is 0 Å². The summed E-state index contributed by atoms with van der Waals surface area (Å²) in [5.74, 6) is -1.61. The molecule has 188 valence electrons. The van der Waals surface area contributed by atoms with Crippen molar-refractivity contribution < 1.29 is 34.4 Å². The normalized spacial score (nSPS) is 52.3. The maximum Gasteiger partial charge on any atom is 0.306 e. The fourth-order valence-electron chi connectivity index (χ4n) is 9.08. The number of ether oxygens (including phenoxy) is 1. The molecule has 0 radical (unpaired) electrons. The highest BCUT2D eigenvalue weighted by atomic mass is 16.6. The number of hydrogen-bond acceptors (Lipinski definition) is 7. The number of carbonyl (C=O) groups is 3. The quantitative estimate of drug-likeness (QED) is 0.499. The number of ketones is 2. The van der Waals surface area contributed by atoms with Crippen LogP contribution in [0.25, 0.3) is 0 Å². The first-order valence-corrected chi connectivity index (χ1v) is 12.7. The summed E-state index contributed by atoms with van der Waals surface area (Å²) in [6.45, 7) is 11.3. The number of carbonyl (C=O) groups excluding carboxylic acids is 3. The number of rotatable bonds is 1. The Hall–Kier alpha value is -1.57. The number of aliphatic hydroxyl groups is 3. The van der Waals surface area contributed by atoms with Gasteiger partial charge in [-0.3, -0.25) is 14.4 Å². The summed E-state index contributed by atoms with van der Waals surface area (Å²) in [5, 5.41) is 34.0. The van der Waals surface area contributed by atoms with Crippen molar-refractivity contribution in [2.75, 3.05) is 0 Å². The van der Waals surface area contributed by atoms with E-state index < -0.39 is 57.3 Å². The summed E-state index contributed by atoms with van der Waals surface area (Å²) in [5.41, 5.74) is -3.78. The van der Waals surface area contributed by atoms with E-state index in [1.165, 1.54) is 0 Å². The second-order valence-corrected chi connectivity index (χ2v) is 13.0. The van der Waals surface area contributed by atoms with Crippen LogP contribution >= 0.6 is 0 Å². The molecule has 4 aliphatic carbocycles. The van der Waals surface area contributed by atoms with Crippen LogP contribution in [0.3, 0.4) is 0 Å². The highest BCUT2D eigenvalue weighted by Crippen LogP contribution is 2.71. The van der Waals surface area contributed by atoms with Crippen molar-refractivity contribution >= 4 is 17.5 Å². The lowest BCUT2D eigenvalue weighted by molar-refractivity contribution is -0.174. The maximum absolute atomic E-state index is 14.1. The van der Waals surface area contributed by atoms with Crippen LogP contribution in [0.2, 0.25) is 0 Å². The lowest BCUT2D eigenvalue weighted by Crippen LogP contribution is -2.65. The van der Waals surface area contributed by atoms with Crippen molar-refractivity contribution in [2.24, 2.45) is 33.5 Å². The molecule has 1 saturated heterocycles. The van der Waals surface area contributed by atoms with Crippen LogP contribution in [-0.2, 0) is 19.1 Å². The van der Waals surface area contributed by atoms with Crippen molar-refractivity contribution in [1.29, 1.82) is 0 Å². The molecule has 0 aromatic carbocycles. The molecule has 1 heterocycles. The van der Waals surface area contributed by atoms with Gasteiger partial charge in [0.25, 0.3) is 0 Å². The molecule has 0 aromatic heterocycles. The third-order valence-electron chi connectivity index (χ3n) is 11.4. The van der Waals surface area contributed by atoms with E-state index >= 15 is 0 Å². The van der Waals surface area contributed by atoms with Gasteiger partial charge in [-0.15, -0.1) is 0 Å². The van der Waals surface area contributed by atoms with Gasteiger partial charge < -0.3 is 20.1 Å². The monoisotopic (exact) mass is 474 g/mol. The highest BCUT2D eigenvalue weighted by molar-refractivity contribution is 6.07. The van der Waals surface area contributed by atoms with Gasteiger partial charge in [-0.25, -0.2) is 0 Å². The molecule has 9 atom stereocenters. The third-order valence-corrected chi connectivity index (χ3v) is 11.4. The van der Waals surface area contributed by atoms with Gasteiger partial charge in [0.15, 0.2) is 5.78 Å². The third kappa shape index (κ3) is 2.51. The molecule has 0 aromatic rings. The van der Waals surface area contributed by atoms with Crippen LogP contribution in [-0.4, -0.2) is 56.8 Å². The van der Waals surface area contributed by atoms with Crippen molar-refractivity contribution in [3.63, 3.8) is 0 Å². The Bertz CT molecular complexity index is 1030. The summed E-state index contributed by atoms with van der Waals surface area (Å²) in [6.07, 6.45) is -0.891. The molecular formula is C27H38O7. The highest BCUT2D eigenvalue weighted by Gasteiger charge is 2.75. The van der Waals surface area contributed by atoms with Crippen molar-refractivity contribution in [2.45, 2.75) is 104 Å². The van der Waals surface area contributed by atoms with E-state index in [9.17, 15) is 29.7 Å². The molecule has 3 N–H and O–H groups in total. The molecule has 7 nitrogen and oxygen atoms in total. The second-order valence-electron chi connectivity index (χ2n) is 13.0. The zero-order valence-corrected chi connectivity index (χ0v) is 21.1. The Morgan fingerprint density at radius 3 is 2.15 bits per heavy atom. The van der Waals surface area contributed by atoms with E-state index in [4.69, 9.17) is 4.74 Å². The fourth-order valence-corrected chi connectivity index (χ4v) is 9.08. The number of esters is 1. The number of Topliss-reactive ketones (excluding diaryl/α,β-unsaturated/α-hetero) is 2. The van der Waals surface area contributed by atoms with Gasteiger partial charge in [-0.2, -0.15) is 0 Å². The Kier molecular flexibility index (Phi) is 4.83. The topological polar surface area (TPSA) is 121 Å². The molecule has 9 unspecified atom stereocenters. The molecule has 3 fully saturated rings. The summed E-state index contributed by atoms with van der Waals surface area (Å²) in [4.78, 5) is 40.0. The first-order chi connectivity index (χ1) is 15.6. The van der Waals surface area contributed by atoms with E-state index in [2.05, 4.69) is 0 Å². The molecule has 7 heteroatoms. The van der Waals surface area contributed by atoms with Crippen LogP contribution in [0.5, 0.6) is 0 Å². The Morgan fingerprint density at radius 2 is 1.56 bits per heavy atom. The van der Waals surface area contributed by atoms with Gasteiger partial charge in [-0.1, -0.05) is 27.7 Å². The Balaban J connectivity index is 1.73.